The Balaban J connectivity index is 1.46. The third-order valence-electron chi connectivity index (χ3n) is 5.18. The van der Waals surface area contributed by atoms with Crippen LogP contribution in [-0.2, 0) is 11.3 Å². The minimum atomic E-state index is 0.0980. The summed E-state index contributed by atoms with van der Waals surface area (Å²) in [4.78, 5) is 19.0. The summed E-state index contributed by atoms with van der Waals surface area (Å²) < 4.78 is 1.95. The standard InChI is InChI=1S/C19H25N5O/c1-14(7-11-23-10-3-9-21-23)22-17-12-18(25)24(16-5-6-16)19(17)15-4-2-8-20-13-15/h2-4,8-10,13-14,16-17,19,22H,5-7,11-12H2,1H3/t14?,17-,19+/m1/s1. The first-order valence-electron chi connectivity index (χ1n) is 9.17. The van der Waals surface area contributed by atoms with Gasteiger partial charge in [-0.1, -0.05) is 6.07 Å². The Morgan fingerprint density at radius 1 is 1.32 bits per heavy atom. The van der Waals surface area contributed by atoms with Gasteiger partial charge in [0.05, 0.1) is 6.04 Å². The van der Waals surface area contributed by atoms with Gasteiger partial charge in [0, 0.05) is 55.9 Å². The van der Waals surface area contributed by atoms with Crippen LogP contribution in [0.25, 0.3) is 0 Å². The topological polar surface area (TPSA) is 63.1 Å². The molecule has 0 spiro atoms. The van der Waals surface area contributed by atoms with Crippen LogP contribution in [-0.4, -0.2) is 43.7 Å². The smallest absolute Gasteiger partial charge is 0.225 e. The van der Waals surface area contributed by atoms with Gasteiger partial charge in [0.2, 0.25) is 5.91 Å². The molecule has 6 nitrogen and oxygen atoms in total. The second-order valence-corrected chi connectivity index (χ2v) is 7.20. The molecular weight excluding hydrogens is 314 g/mol. The molecule has 132 valence electrons. The van der Waals surface area contributed by atoms with Crippen molar-refractivity contribution in [2.45, 2.75) is 63.3 Å². The normalized spacial score (nSPS) is 24.7. The largest absolute Gasteiger partial charge is 0.331 e. The van der Waals surface area contributed by atoms with Crippen molar-refractivity contribution in [2.75, 3.05) is 0 Å². The van der Waals surface area contributed by atoms with E-state index in [0.717, 1.165) is 31.4 Å². The molecule has 0 aromatic carbocycles. The van der Waals surface area contributed by atoms with Crippen LogP contribution in [0.15, 0.2) is 43.0 Å². The molecule has 1 unspecified atom stereocenters. The van der Waals surface area contributed by atoms with Gasteiger partial charge in [-0.25, -0.2) is 0 Å². The van der Waals surface area contributed by atoms with Crippen LogP contribution in [0.3, 0.4) is 0 Å². The van der Waals surface area contributed by atoms with E-state index in [0.29, 0.717) is 18.5 Å². The number of likely N-dealkylation sites (tertiary alicyclic amines) is 1. The zero-order chi connectivity index (χ0) is 17.2. The van der Waals surface area contributed by atoms with Crippen LogP contribution >= 0.6 is 0 Å². The lowest BCUT2D eigenvalue weighted by Crippen LogP contribution is -2.42. The Labute approximate surface area is 148 Å². The van der Waals surface area contributed by atoms with E-state index in [1.54, 1.807) is 12.4 Å². The van der Waals surface area contributed by atoms with Crippen molar-refractivity contribution in [1.82, 2.24) is 25.0 Å². The Kier molecular flexibility index (Phi) is 4.53. The summed E-state index contributed by atoms with van der Waals surface area (Å²) in [6.45, 7) is 3.07. The number of hydrogen-bond acceptors (Lipinski definition) is 4. The molecule has 4 rings (SSSR count). The number of carbonyl (C=O) groups excluding carboxylic acids is 1. The summed E-state index contributed by atoms with van der Waals surface area (Å²) in [6, 6.07) is 6.98. The summed E-state index contributed by atoms with van der Waals surface area (Å²) in [5, 5.41) is 7.96. The molecule has 3 atom stereocenters. The fourth-order valence-electron chi connectivity index (χ4n) is 3.84. The van der Waals surface area contributed by atoms with Gasteiger partial charge in [-0.2, -0.15) is 5.10 Å². The number of carbonyl (C=O) groups is 1. The van der Waals surface area contributed by atoms with Crippen molar-refractivity contribution in [3.05, 3.63) is 48.5 Å². The lowest BCUT2D eigenvalue weighted by atomic mass is 10.0. The highest BCUT2D eigenvalue weighted by Gasteiger charge is 2.47. The van der Waals surface area contributed by atoms with E-state index < -0.39 is 0 Å². The van der Waals surface area contributed by atoms with Crippen LogP contribution in [0.5, 0.6) is 0 Å². The maximum atomic E-state index is 12.6. The minimum Gasteiger partial charge on any atom is -0.331 e. The van der Waals surface area contributed by atoms with Gasteiger partial charge >= 0.3 is 0 Å². The van der Waals surface area contributed by atoms with E-state index in [2.05, 4.69) is 33.3 Å². The van der Waals surface area contributed by atoms with Gasteiger partial charge in [0.15, 0.2) is 0 Å². The van der Waals surface area contributed by atoms with E-state index >= 15 is 0 Å². The molecule has 2 aromatic heterocycles. The van der Waals surface area contributed by atoms with Gasteiger partial charge in [0.25, 0.3) is 0 Å². The minimum absolute atomic E-state index is 0.0980. The molecule has 1 amide bonds. The molecule has 3 heterocycles. The third-order valence-corrected chi connectivity index (χ3v) is 5.18. The average molecular weight is 339 g/mol. The molecule has 0 bridgehead atoms. The second kappa shape index (κ2) is 6.96. The highest BCUT2D eigenvalue weighted by molar-refractivity contribution is 5.81. The van der Waals surface area contributed by atoms with Crippen LogP contribution < -0.4 is 5.32 Å². The first-order valence-corrected chi connectivity index (χ1v) is 9.17. The highest BCUT2D eigenvalue weighted by Crippen LogP contribution is 2.41. The quantitative estimate of drug-likeness (QED) is 0.839. The number of hydrogen-bond donors (Lipinski definition) is 1. The molecule has 1 saturated carbocycles. The Morgan fingerprint density at radius 2 is 2.20 bits per heavy atom. The summed E-state index contributed by atoms with van der Waals surface area (Å²) in [6.07, 6.45) is 11.3. The number of nitrogens with one attached hydrogen (secondary N) is 1. The van der Waals surface area contributed by atoms with Crippen LogP contribution in [0.4, 0.5) is 0 Å². The Hall–Kier alpha value is -2.21. The van der Waals surface area contributed by atoms with Crippen LogP contribution in [0.1, 0.15) is 44.2 Å². The predicted molar refractivity (Wildman–Crippen MR) is 94.7 cm³/mol. The third kappa shape index (κ3) is 3.58. The molecule has 2 fully saturated rings. The summed E-state index contributed by atoms with van der Waals surface area (Å²) in [5.41, 5.74) is 1.14. The zero-order valence-electron chi connectivity index (χ0n) is 14.6. The first-order chi connectivity index (χ1) is 12.2. The van der Waals surface area contributed by atoms with E-state index in [1.807, 2.05) is 29.2 Å². The lowest BCUT2D eigenvalue weighted by molar-refractivity contribution is -0.129. The number of nitrogens with zero attached hydrogens (tertiary/aromatic N) is 4. The van der Waals surface area contributed by atoms with Gasteiger partial charge < -0.3 is 10.2 Å². The molecule has 2 aliphatic rings. The fraction of sp³-hybridized carbons (Fsp3) is 0.526. The summed E-state index contributed by atoms with van der Waals surface area (Å²) in [7, 11) is 0. The Morgan fingerprint density at radius 3 is 2.88 bits per heavy atom. The van der Waals surface area contributed by atoms with Crippen molar-refractivity contribution < 1.29 is 4.79 Å². The summed E-state index contributed by atoms with van der Waals surface area (Å²) in [5.74, 6) is 0.271. The number of aryl methyl sites for hydroxylation is 1. The van der Waals surface area contributed by atoms with Gasteiger partial charge in [0.1, 0.15) is 0 Å². The van der Waals surface area contributed by atoms with Crippen molar-refractivity contribution in [3.8, 4) is 0 Å². The molecule has 0 radical (unpaired) electrons. The molecule has 1 aliphatic heterocycles. The maximum Gasteiger partial charge on any atom is 0.225 e. The first kappa shape index (κ1) is 16.3. The maximum absolute atomic E-state index is 12.6. The van der Waals surface area contributed by atoms with Crippen molar-refractivity contribution in [2.24, 2.45) is 0 Å². The fourth-order valence-corrected chi connectivity index (χ4v) is 3.84. The molecular formula is C19H25N5O. The molecule has 1 aliphatic carbocycles. The predicted octanol–water partition coefficient (Wildman–Crippen LogP) is 2.15. The Bertz CT molecular complexity index is 698. The van der Waals surface area contributed by atoms with Gasteiger partial charge in [-0.3, -0.25) is 14.5 Å². The van der Waals surface area contributed by atoms with Crippen molar-refractivity contribution in [3.63, 3.8) is 0 Å². The monoisotopic (exact) mass is 339 g/mol. The van der Waals surface area contributed by atoms with Crippen LogP contribution in [0.2, 0.25) is 0 Å². The molecule has 25 heavy (non-hydrogen) atoms. The summed E-state index contributed by atoms with van der Waals surface area (Å²) >= 11 is 0. The molecule has 1 N–H and O–H groups in total. The van der Waals surface area contributed by atoms with E-state index in [-0.39, 0.29) is 18.0 Å². The number of amides is 1. The highest BCUT2D eigenvalue weighted by atomic mass is 16.2. The lowest BCUT2D eigenvalue weighted by Gasteiger charge is -2.30. The zero-order valence-corrected chi connectivity index (χ0v) is 14.6. The SMILES string of the molecule is CC(CCn1cccn1)N[C@@H]1CC(=O)N(C2CC2)[C@H]1c1cccnc1. The van der Waals surface area contributed by atoms with E-state index in [4.69, 9.17) is 0 Å². The average Bonchev–Trinajstić information content (AvgIpc) is 3.21. The van der Waals surface area contributed by atoms with Crippen molar-refractivity contribution in [1.29, 1.82) is 0 Å². The van der Waals surface area contributed by atoms with E-state index in [1.165, 1.54) is 0 Å². The van der Waals surface area contributed by atoms with Gasteiger partial charge in [-0.15, -0.1) is 0 Å². The second-order valence-electron chi connectivity index (χ2n) is 7.20. The number of aromatic nitrogens is 3. The number of rotatable bonds is 7. The number of pyridine rings is 1. The van der Waals surface area contributed by atoms with Gasteiger partial charge in [-0.05, 0) is 43.9 Å². The molecule has 6 heteroatoms. The van der Waals surface area contributed by atoms with Crippen LogP contribution in [0, 0.1) is 0 Å². The molecule has 2 aromatic rings. The van der Waals surface area contributed by atoms with E-state index in [9.17, 15) is 4.79 Å². The van der Waals surface area contributed by atoms with Crippen molar-refractivity contribution >= 4 is 5.91 Å². The molecule has 1 saturated heterocycles.